The van der Waals surface area contributed by atoms with Gasteiger partial charge in [0.2, 0.25) is 5.75 Å². The summed E-state index contributed by atoms with van der Waals surface area (Å²) in [5.41, 5.74) is 0.628. The zero-order valence-electron chi connectivity index (χ0n) is 9.78. The van der Waals surface area contributed by atoms with Gasteiger partial charge in [-0.15, -0.1) is 0 Å². The van der Waals surface area contributed by atoms with E-state index in [0.29, 0.717) is 27.8 Å². The van der Waals surface area contributed by atoms with Crippen LogP contribution in [0.2, 0.25) is 0 Å². The molecule has 0 saturated carbocycles. The van der Waals surface area contributed by atoms with Crippen LogP contribution in [0.5, 0.6) is 17.2 Å². The third kappa shape index (κ3) is 2.83. The van der Waals surface area contributed by atoms with Crippen molar-refractivity contribution in [2.75, 3.05) is 21.3 Å². The second-order valence-electron chi connectivity index (χ2n) is 3.04. The molecule has 0 aliphatic rings. The normalized spacial score (nSPS) is 10.6. The number of ether oxygens (including phenoxy) is 3. The summed E-state index contributed by atoms with van der Waals surface area (Å²) < 4.78 is 15.5. The molecule has 0 aliphatic carbocycles. The van der Waals surface area contributed by atoms with E-state index in [-0.39, 0.29) is 0 Å². The van der Waals surface area contributed by atoms with Gasteiger partial charge in [-0.3, -0.25) is 0 Å². The number of rotatable bonds is 4. The minimum absolute atomic E-state index is 0.312. The van der Waals surface area contributed by atoms with E-state index in [1.807, 2.05) is 6.07 Å². The lowest BCUT2D eigenvalue weighted by Gasteiger charge is -2.13. The number of hydrogen-bond donors (Lipinski definition) is 0. The van der Waals surface area contributed by atoms with E-state index in [1.165, 1.54) is 27.4 Å². The van der Waals surface area contributed by atoms with Gasteiger partial charge in [0.1, 0.15) is 0 Å². The van der Waals surface area contributed by atoms with E-state index < -0.39 is 0 Å². The van der Waals surface area contributed by atoms with Crippen molar-refractivity contribution in [1.29, 1.82) is 5.26 Å². The first-order valence-electron chi connectivity index (χ1n) is 4.73. The van der Waals surface area contributed by atoms with Crippen LogP contribution in [-0.4, -0.2) is 21.3 Å². The molecule has 0 amide bonds. The standard InChI is InChI=1S/C12H12ClNO3/c1-15-10-6-8(9(13)4-5-14)7-11(16-2)12(10)17-3/h4,6-7H,1-3H3/b9-4-. The van der Waals surface area contributed by atoms with Gasteiger partial charge in [0.25, 0.3) is 0 Å². The number of allylic oxidation sites excluding steroid dienone is 1. The van der Waals surface area contributed by atoms with Gasteiger partial charge >= 0.3 is 0 Å². The zero-order valence-corrected chi connectivity index (χ0v) is 10.5. The number of methoxy groups -OCH3 is 3. The van der Waals surface area contributed by atoms with Gasteiger partial charge in [0.15, 0.2) is 11.5 Å². The summed E-state index contributed by atoms with van der Waals surface area (Å²) in [5.74, 6) is 1.47. The first-order chi connectivity index (χ1) is 8.17. The summed E-state index contributed by atoms with van der Waals surface area (Å²) in [6, 6.07) is 5.22. The van der Waals surface area contributed by atoms with Gasteiger partial charge in [-0.05, 0) is 12.1 Å². The number of nitrogens with zero attached hydrogens (tertiary/aromatic N) is 1. The molecule has 0 aliphatic heterocycles. The average Bonchev–Trinajstić information content (AvgIpc) is 2.37. The van der Waals surface area contributed by atoms with Crippen LogP contribution in [0.25, 0.3) is 5.03 Å². The van der Waals surface area contributed by atoms with Crippen molar-refractivity contribution in [2.24, 2.45) is 0 Å². The lowest BCUT2D eigenvalue weighted by atomic mass is 10.1. The lowest BCUT2D eigenvalue weighted by molar-refractivity contribution is 0.324. The third-order valence-corrected chi connectivity index (χ3v) is 2.46. The van der Waals surface area contributed by atoms with Crippen LogP contribution in [0, 0.1) is 11.3 Å². The molecule has 0 saturated heterocycles. The molecule has 0 fully saturated rings. The van der Waals surface area contributed by atoms with E-state index in [9.17, 15) is 0 Å². The first-order valence-corrected chi connectivity index (χ1v) is 5.11. The highest BCUT2D eigenvalue weighted by atomic mass is 35.5. The monoisotopic (exact) mass is 253 g/mol. The fourth-order valence-corrected chi connectivity index (χ4v) is 1.52. The average molecular weight is 254 g/mol. The zero-order chi connectivity index (χ0) is 12.8. The van der Waals surface area contributed by atoms with Crippen molar-refractivity contribution in [1.82, 2.24) is 0 Å². The summed E-state index contributed by atoms with van der Waals surface area (Å²) in [7, 11) is 4.55. The largest absolute Gasteiger partial charge is 0.493 e. The molecule has 0 spiro atoms. The van der Waals surface area contributed by atoms with Crippen LogP contribution in [0.15, 0.2) is 18.2 Å². The number of nitriles is 1. The SMILES string of the molecule is COc1cc(/C(Cl)=C/C#N)cc(OC)c1OC. The summed E-state index contributed by atoms with van der Waals surface area (Å²) >= 11 is 5.95. The number of hydrogen-bond acceptors (Lipinski definition) is 4. The summed E-state index contributed by atoms with van der Waals surface area (Å²) in [5, 5.41) is 8.87. The van der Waals surface area contributed by atoms with Crippen LogP contribution >= 0.6 is 11.6 Å². The molecule has 1 aromatic rings. The summed E-state index contributed by atoms with van der Waals surface area (Å²) in [4.78, 5) is 0. The van der Waals surface area contributed by atoms with Crippen LogP contribution in [-0.2, 0) is 0 Å². The predicted octanol–water partition coefficient (Wildman–Crippen LogP) is 2.82. The molecular formula is C12H12ClNO3. The highest BCUT2D eigenvalue weighted by Gasteiger charge is 2.14. The number of halogens is 1. The highest BCUT2D eigenvalue weighted by molar-refractivity contribution is 6.49. The van der Waals surface area contributed by atoms with Gasteiger partial charge in [0.05, 0.1) is 32.4 Å². The Morgan fingerprint density at radius 2 is 1.71 bits per heavy atom. The van der Waals surface area contributed by atoms with Crippen molar-refractivity contribution >= 4 is 16.6 Å². The van der Waals surface area contributed by atoms with Crippen molar-refractivity contribution < 1.29 is 14.2 Å². The third-order valence-electron chi connectivity index (χ3n) is 2.13. The Bertz CT molecular complexity index is 452. The smallest absolute Gasteiger partial charge is 0.203 e. The van der Waals surface area contributed by atoms with E-state index in [0.717, 1.165) is 0 Å². The Labute approximate surface area is 105 Å². The summed E-state index contributed by atoms with van der Waals surface area (Å²) in [6.07, 6.45) is 1.24. The van der Waals surface area contributed by atoms with Gasteiger partial charge in [-0.2, -0.15) is 5.26 Å². The van der Waals surface area contributed by atoms with E-state index in [1.54, 1.807) is 12.1 Å². The molecule has 0 radical (unpaired) electrons. The molecule has 0 unspecified atom stereocenters. The molecule has 0 N–H and O–H groups in total. The maximum absolute atomic E-state index is 8.55. The van der Waals surface area contributed by atoms with E-state index in [4.69, 9.17) is 31.1 Å². The molecule has 17 heavy (non-hydrogen) atoms. The number of benzene rings is 1. The molecule has 90 valence electrons. The fourth-order valence-electron chi connectivity index (χ4n) is 1.36. The molecule has 0 atom stereocenters. The lowest BCUT2D eigenvalue weighted by Crippen LogP contribution is -1.96. The minimum Gasteiger partial charge on any atom is -0.493 e. The Hall–Kier alpha value is -1.86. The van der Waals surface area contributed by atoms with Crippen LogP contribution in [0.3, 0.4) is 0 Å². The second kappa shape index (κ2) is 6.02. The van der Waals surface area contributed by atoms with Crippen LogP contribution in [0.4, 0.5) is 0 Å². The maximum atomic E-state index is 8.55. The Balaban J connectivity index is 3.38. The van der Waals surface area contributed by atoms with Gasteiger partial charge in [-0.1, -0.05) is 11.6 Å². The minimum atomic E-state index is 0.312. The quantitative estimate of drug-likeness (QED) is 0.775. The van der Waals surface area contributed by atoms with Gasteiger partial charge in [0, 0.05) is 11.6 Å². The van der Waals surface area contributed by atoms with E-state index in [2.05, 4.69) is 0 Å². The Morgan fingerprint density at radius 3 is 2.06 bits per heavy atom. The van der Waals surface area contributed by atoms with Crippen molar-refractivity contribution in [3.63, 3.8) is 0 Å². The summed E-state index contributed by atoms with van der Waals surface area (Å²) in [6.45, 7) is 0. The van der Waals surface area contributed by atoms with Crippen molar-refractivity contribution in [3.05, 3.63) is 23.8 Å². The van der Waals surface area contributed by atoms with Crippen molar-refractivity contribution in [3.8, 4) is 23.3 Å². The maximum Gasteiger partial charge on any atom is 0.203 e. The molecule has 4 nitrogen and oxygen atoms in total. The molecule has 1 aromatic carbocycles. The topological polar surface area (TPSA) is 51.5 Å². The van der Waals surface area contributed by atoms with Crippen LogP contribution < -0.4 is 14.2 Å². The molecule has 0 bridgehead atoms. The molecule has 0 aromatic heterocycles. The Kier molecular flexibility index (Phi) is 4.68. The van der Waals surface area contributed by atoms with Gasteiger partial charge in [-0.25, -0.2) is 0 Å². The second-order valence-corrected chi connectivity index (χ2v) is 3.44. The Morgan fingerprint density at radius 1 is 1.18 bits per heavy atom. The van der Waals surface area contributed by atoms with E-state index >= 15 is 0 Å². The molecule has 5 heteroatoms. The molecular weight excluding hydrogens is 242 g/mol. The molecule has 0 heterocycles. The fraction of sp³-hybridized carbons (Fsp3) is 0.250. The van der Waals surface area contributed by atoms with Crippen LogP contribution in [0.1, 0.15) is 5.56 Å². The highest BCUT2D eigenvalue weighted by Crippen LogP contribution is 2.40. The predicted molar refractivity (Wildman–Crippen MR) is 65.5 cm³/mol. The molecule has 1 rings (SSSR count). The van der Waals surface area contributed by atoms with Gasteiger partial charge < -0.3 is 14.2 Å². The van der Waals surface area contributed by atoms with Crippen molar-refractivity contribution in [2.45, 2.75) is 0 Å². The first kappa shape index (κ1) is 13.2.